The standard InChI is InChI=1S/C16H22BNO2.2C2H6/c1-14(2,11-18)12-7-9-13(10-8-12)17-19-15(3,4)16(5,6)20-17;2*1-2/h7-10H,1-6H3;2*1-2H3. The van der Waals surface area contributed by atoms with Crippen LogP contribution < -0.4 is 5.46 Å². The zero-order valence-corrected chi connectivity index (χ0v) is 17.2. The molecule has 2 rings (SSSR count). The fourth-order valence-corrected chi connectivity index (χ4v) is 2.10. The fourth-order valence-electron chi connectivity index (χ4n) is 2.10. The molecule has 0 radical (unpaired) electrons. The Morgan fingerprint density at radius 3 is 1.58 bits per heavy atom. The molecule has 1 aliphatic heterocycles. The Hall–Kier alpha value is -1.31. The predicted molar refractivity (Wildman–Crippen MR) is 103 cm³/mol. The molecule has 0 saturated carbocycles. The molecule has 134 valence electrons. The Morgan fingerprint density at radius 2 is 1.25 bits per heavy atom. The Morgan fingerprint density at radius 1 is 0.875 bits per heavy atom. The maximum atomic E-state index is 9.17. The predicted octanol–water partition coefficient (Wildman–Crippen LogP) is 4.84. The molecule has 0 bridgehead atoms. The average molecular weight is 331 g/mol. The van der Waals surface area contributed by atoms with Gasteiger partial charge in [0.15, 0.2) is 0 Å². The summed E-state index contributed by atoms with van der Waals surface area (Å²) in [6, 6.07) is 10.2. The number of benzene rings is 1. The number of nitriles is 1. The Bertz CT molecular complexity index is 526. The van der Waals surface area contributed by atoms with Crippen LogP contribution in [0.15, 0.2) is 24.3 Å². The van der Waals surface area contributed by atoms with Gasteiger partial charge >= 0.3 is 7.12 Å². The number of hydrogen-bond acceptors (Lipinski definition) is 3. The SMILES string of the molecule is CC.CC.CC(C)(C#N)c1ccc(B2OC(C)(C)C(C)(C)O2)cc1. The van der Waals surface area contributed by atoms with Gasteiger partial charge in [0.2, 0.25) is 0 Å². The molecular weight excluding hydrogens is 297 g/mol. The lowest BCUT2D eigenvalue weighted by Crippen LogP contribution is -2.41. The van der Waals surface area contributed by atoms with Crippen molar-refractivity contribution >= 4 is 12.6 Å². The molecule has 1 aromatic rings. The molecule has 0 N–H and O–H groups in total. The first-order valence-corrected chi connectivity index (χ1v) is 8.96. The Kier molecular flexibility index (Phi) is 8.22. The van der Waals surface area contributed by atoms with Gasteiger partial charge in [-0.25, -0.2) is 0 Å². The van der Waals surface area contributed by atoms with Gasteiger partial charge in [0.1, 0.15) is 0 Å². The lowest BCUT2D eigenvalue weighted by Gasteiger charge is -2.32. The summed E-state index contributed by atoms with van der Waals surface area (Å²) in [5.74, 6) is 0. The van der Waals surface area contributed by atoms with Crippen LogP contribution in [0.2, 0.25) is 0 Å². The van der Waals surface area contributed by atoms with Crippen LogP contribution >= 0.6 is 0 Å². The van der Waals surface area contributed by atoms with Crippen molar-refractivity contribution in [2.24, 2.45) is 0 Å². The molecule has 1 heterocycles. The van der Waals surface area contributed by atoms with E-state index in [0.29, 0.717) is 0 Å². The molecule has 0 atom stereocenters. The Balaban J connectivity index is 0.00000123. The fraction of sp³-hybridized carbons (Fsp3) is 0.650. The highest BCUT2D eigenvalue weighted by atomic mass is 16.7. The van der Waals surface area contributed by atoms with Gasteiger partial charge in [-0.2, -0.15) is 5.26 Å². The van der Waals surface area contributed by atoms with E-state index in [1.54, 1.807) is 0 Å². The number of nitrogens with zero attached hydrogens (tertiary/aromatic N) is 1. The van der Waals surface area contributed by atoms with Crippen molar-refractivity contribution in [2.45, 2.75) is 85.9 Å². The first-order chi connectivity index (χ1) is 11.1. The molecule has 0 aromatic heterocycles. The van der Waals surface area contributed by atoms with E-state index in [0.717, 1.165) is 11.0 Å². The van der Waals surface area contributed by atoms with Gasteiger partial charge in [-0.05, 0) is 52.6 Å². The van der Waals surface area contributed by atoms with Crippen molar-refractivity contribution in [2.75, 3.05) is 0 Å². The van der Waals surface area contributed by atoms with E-state index in [2.05, 4.69) is 6.07 Å². The van der Waals surface area contributed by atoms with E-state index in [9.17, 15) is 0 Å². The normalized spacial score (nSPS) is 17.8. The van der Waals surface area contributed by atoms with Crippen molar-refractivity contribution in [3.8, 4) is 6.07 Å². The third kappa shape index (κ3) is 4.85. The Labute approximate surface area is 149 Å². The monoisotopic (exact) mass is 331 g/mol. The second kappa shape index (κ2) is 8.69. The third-order valence-corrected chi connectivity index (χ3v) is 4.44. The highest BCUT2D eigenvalue weighted by Crippen LogP contribution is 2.36. The maximum absolute atomic E-state index is 9.17. The van der Waals surface area contributed by atoms with Crippen LogP contribution in [0.5, 0.6) is 0 Å². The molecule has 0 amide bonds. The highest BCUT2D eigenvalue weighted by molar-refractivity contribution is 6.62. The van der Waals surface area contributed by atoms with Gasteiger partial charge in [-0.15, -0.1) is 0 Å². The summed E-state index contributed by atoms with van der Waals surface area (Å²) >= 11 is 0. The molecule has 1 fully saturated rings. The second-order valence-electron chi connectivity index (χ2n) is 6.95. The molecule has 1 aromatic carbocycles. The van der Waals surface area contributed by atoms with E-state index >= 15 is 0 Å². The molecule has 24 heavy (non-hydrogen) atoms. The summed E-state index contributed by atoms with van der Waals surface area (Å²) in [5.41, 5.74) is 0.848. The summed E-state index contributed by atoms with van der Waals surface area (Å²) in [6.45, 7) is 20.0. The minimum absolute atomic E-state index is 0.331. The lowest BCUT2D eigenvalue weighted by molar-refractivity contribution is 0.00578. The highest BCUT2D eigenvalue weighted by Gasteiger charge is 2.51. The quantitative estimate of drug-likeness (QED) is 0.728. The summed E-state index contributed by atoms with van der Waals surface area (Å²) in [6.07, 6.45) is 0. The summed E-state index contributed by atoms with van der Waals surface area (Å²) in [7, 11) is -0.348. The largest absolute Gasteiger partial charge is 0.494 e. The van der Waals surface area contributed by atoms with Crippen LogP contribution in [0.1, 0.15) is 74.8 Å². The van der Waals surface area contributed by atoms with E-state index < -0.39 is 5.41 Å². The molecule has 0 spiro atoms. The smallest absolute Gasteiger partial charge is 0.399 e. The number of hydrogen-bond donors (Lipinski definition) is 0. The summed E-state index contributed by atoms with van der Waals surface area (Å²) < 4.78 is 12.0. The second-order valence-corrected chi connectivity index (χ2v) is 6.95. The van der Waals surface area contributed by atoms with Crippen LogP contribution in [0.4, 0.5) is 0 Å². The first-order valence-electron chi connectivity index (χ1n) is 8.96. The lowest BCUT2D eigenvalue weighted by atomic mass is 9.77. The minimum atomic E-state index is -0.478. The van der Waals surface area contributed by atoms with Crippen LogP contribution in [-0.2, 0) is 14.7 Å². The topological polar surface area (TPSA) is 42.2 Å². The van der Waals surface area contributed by atoms with E-state index in [1.807, 2.05) is 93.5 Å². The van der Waals surface area contributed by atoms with Crippen LogP contribution in [0, 0.1) is 11.3 Å². The van der Waals surface area contributed by atoms with E-state index in [4.69, 9.17) is 14.6 Å². The van der Waals surface area contributed by atoms with Crippen molar-refractivity contribution in [3.05, 3.63) is 29.8 Å². The molecule has 1 aliphatic rings. The zero-order chi connectivity index (χ0) is 19.2. The van der Waals surface area contributed by atoms with Gasteiger partial charge in [-0.3, -0.25) is 0 Å². The van der Waals surface area contributed by atoms with Crippen molar-refractivity contribution in [3.63, 3.8) is 0 Å². The molecule has 1 saturated heterocycles. The van der Waals surface area contributed by atoms with Gasteiger partial charge < -0.3 is 9.31 Å². The van der Waals surface area contributed by atoms with Crippen LogP contribution in [0.3, 0.4) is 0 Å². The first kappa shape index (κ1) is 22.7. The molecule has 4 heteroatoms. The van der Waals surface area contributed by atoms with Gasteiger partial charge in [0, 0.05) is 0 Å². The van der Waals surface area contributed by atoms with Crippen LogP contribution in [0.25, 0.3) is 0 Å². The molecular formula is C20H34BNO2. The van der Waals surface area contributed by atoms with E-state index in [-0.39, 0.29) is 18.3 Å². The van der Waals surface area contributed by atoms with Crippen molar-refractivity contribution < 1.29 is 9.31 Å². The molecule has 3 nitrogen and oxygen atoms in total. The van der Waals surface area contributed by atoms with Gasteiger partial charge in [0.25, 0.3) is 0 Å². The summed E-state index contributed by atoms with van der Waals surface area (Å²) in [5, 5.41) is 9.17. The third-order valence-electron chi connectivity index (χ3n) is 4.44. The van der Waals surface area contributed by atoms with Gasteiger partial charge in [0.05, 0.1) is 22.7 Å². The zero-order valence-electron chi connectivity index (χ0n) is 17.2. The average Bonchev–Trinajstić information content (AvgIpc) is 2.79. The summed E-state index contributed by atoms with van der Waals surface area (Å²) in [4.78, 5) is 0. The van der Waals surface area contributed by atoms with Crippen molar-refractivity contribution in [1.82, 2.24) is 0 Å². The maximum Gasteiger partial charge on any atom is 0.494 e. The minimum Gasteiger partial charge on any atom is -0.399 e. The van der Waals surface area contributed by atoms with Crippen LogP contribution in [-0.4, -0.2) is 18.3 Å². The number of rotatable bonds is 2. The molecule has 0 aliphatic carbocycles. The van der Waals surface area contributed by atoms with Gasteiger partial charge in [-0.1, -0.05) is 52.0 Å². The van der Waals surface area contributed by atoms with E-state index in [1.165, 1.54) is 0 Å². The molecule has 0 unspecified atom stereocenters. The van der Waals surface area contributed by atoms with Crippen molar-refractivity contribution in [1.29, 1.82) is 5.26 Å².